The molecule has 1 aromatic heterocycles. The van der Waals surface area contributed by atoms with Crippen LogP contribution in [0.15, 0.2) is 48.7 Å². The van der Waals surface area contributed by atoms with Crippen LogP contribution in [0.3, 0.4) is 0 Å². The number of benzene rings is 2. The zero-order valence-corrected chi connectivity index (χ0v) is 19.2. The topological polar surface area (TPSA) is 51.5 Å². The molecule has 2 aliphatic rings. The first-order valence-corrected chi connectivity index (χ1v) is 12.0. The van der Waals surface area contributed by atoms with Crippen molar-refractivity contribution < 1.29 is 9.47 Å². The second kappa shape index (κ2) is 9.51. The van der Waals surface area contributed by atoms with Crippen molar-refractivity contribution in [1.82, 2.24) is 15.2 Å². The van der Waals surface area contributed by atoms with Gasteiger partial charge in [-0.3, -0.25) is 0 Å². The van der Waals surface area contributed by atoms with Crippen molar-refractivity contribution in [3.8, 4) is 5.75 Å². The standard InChI is InChI=1S/C26H34N4O2/c1-19-23-18-28-30(26-13-6-7-16-31-26)24(23)14-15-25(19)32-22-12-8-11-21(17-22)29(27-2)20-9-4-3-5-10-20/h3-5,9-10,14-15,18,21-22,26-27H,6-8,11-13,16-17H2,1-2H3/t21-,22+,26?/m1/s1. The van der Waals surface area contributed by atoms with E-state index in [-0.39, 0.29) is 12.3 Å². The third-order valence-corrected chi connectivity index (χ3v) is 6.96. The van der Waals surface area contributed by atoms with E-state index in [2.05, 4.69) is 64.9 Å². The molecule has 3 atom stereocenters. The van der Waals surface area contributed by atoms with Gasteiger partial charge in [0, 0.05) is 37.1 Å². The summed E-state index contributed by atoms with van der Waals surface area (Å²) in [4.78, 5) is 0. The number of hydrogen-bond donors (Lipinski definition) is 1. The zero-order valence-electron chi connectivity index (χ0n) is 19.2. The molecule has 1 aliphatic heterocycles. The largest absolute Gasteiger partial charge is 0.490 e. The highest BCUT2D eigenvalue weighted by Gasteiger charge is 2.28. The Labute approximate surface area is 190 Å². The average molecular weight is 435 g/mol. The fraction of sp³-hybridized carbons (Fsp3) is 0.500. The lowest BCUT2D eigenvalue weighted by molar-refractivity contribution is -0.0366. The quantitative estimate of drug-likeness (QED) is 0.528. The fourth-order valence-corrected chi connectivity index (χ4v) is 5.27. The molecule has 2 heterocycles. The van der Waals surface area contributed by atoms with E-state index >= 15 is 0 Å². The highest BCUT2D eigenvalue weighted by atomic mass is 16.5. The zero-order chi connectivity index (χ0) is 21.9. The van der Waals surface area contributed by atoms with Crippen LogP contribution in [0.25, 0.3) is 10.9 Å². The number of hydrogen-bond acceptors (Lipinski definition) is 5. The monoisotopic (exact) mass is 434 g/mol. The van der Waals surface area contributed by atoms with E-state index in [4.69, 9.17) is 9.47 Å². The normalized spacial score (nSPS) is 23.9. The van der Waals surface area contributed by atoms with E-state index < -0.39 is 0 Å². The first kappa shape index (κ1) is 21.3. The molecule has 2 aromatic carbocycles. The Bertz CT molecular complexity index is 1030. The van der Waals surface area contributed by atoms with Crippen LogP contribution < -0.4 is 15.2 Å². The van der Waals surface area contributed by atoms with Gasteiger partial charge < -0.3 is 14.5 Å². The molecule has 5 rings (SSSR count). The number of aromatic nitrogens is 2. The predicted octanol–water partition coefficient (Wildman–Crippen LogP) is 5.37. The summed E-state index contributed by atoms with van der Waals surface area (Å²) in [6, 6.07) is 15.2. The lowest BCUT2D eigenvalue weighted by Gasteiger charge is -2.38. The molecule has 32 heavy (non-hydrogen) atoms. The van der Waals surface area contributed by atoms with Gasteiger partial charge in [0.05, 0.1) is 17.4 Å². The van der Waals surface area contributed by atoms with Crippen LogP contribution in [0, 0.1) is 6.92 Å². The molecule has 1 N–H and O–H groups in total. The van der Waals surface area contributed by atoms with E-state index in [0.717, 1.165) is 48.9 Å². The van der Waals surface area contributed by atoms with Gasteiger partial charge in [-0.2, -0.15) is 5.10 Å². The highest BCUT2D eigenvalue weighted by molar-refractivity contribution is 5.84. The molecule has 1 unspecified atom stereocenters. The number of aryl methyl sites for hydroxylation is 1. The minimum Gasteiger partial charge on any atom is -0.490 e. The molecule has 6 heteroatoms. The Balaban J connectivity index is 1.32. The Morgan fingerprint density at radius 2 is 1.94 bits per heavy atom. The van der Waals surface area contributed by atoms with Gasteiger partial charge in [0.1, 0.15) is 11.9 Å². The molecule has 1 saturated heterocycles. The fourth-order valence-electron chi connectivity index (χ4n) is 5.27. The molecule has 3 aromatic rings. The van der Waals surface area contributed by atoms with Crippen LogP contribution in [-0.2, 0) is 4.74 Å². The minimum absolute atomic E-state index is 0.0528. The Morgan fingerprint density at radius 3 is 2.72 bits per heavy atom. The Kier molecular flexibility index (Phi) is 6.32. The summed E-state index contributed by atoms with van der Waals surface area (Å²) >= 11 is 0. The van der Waals surface area contributed by atoms with Gasteiger partial charge in [0.15, 0.2) is 6.23 Å². The summed E-state index contributed by atoms with van der Waals surface area (Å²) in [6.07, 6.45) is 10.0. The number of nitrogens with zero attached hydrogens (tertiary/aromatic N) is 3. The summed E-state index contributed by atoms with van der Waals surface area (Å²) in [5.74, 6) is 0.975. The van der Waals surface area contributed by atoms with E-state index in [9.17, 15) is 0 Å². The third kappa shape index (κ3) is 4.21. The van der Waals surface area contributed by atoms with Crippen LogP contribution in [0.4, 0.5) is 5.69 Å². The first-order chi connectivity index (χ1) is 15.7. The van der Waals surface area contributed by atoms with Crippen molar-refractivity contribution in [2.24, 2.45) is 0 Å². The number of anilines is 1. The number of rotatable bonds is 6. The summed E-state index contributed by atoms with van der Waals surface area (Å²) in [5, 5.41) is 8.12. The molecular weight excluding hydrogens is 400 g/mol. The molecule has 0 bridgehead atoms. The first-order valence-electron chi connectivity index (χ1n) is 12.0. The lowest BCUT2D eigenvalue weighted by Crippen LogP contribution is -2.48. The van der Waals surface area contributed by atoms with Crippen molar-refractivity contribution in [1.29, 1.82) is 0 Å². The molecule has 1 aliphatic carbocycles. The smallest absolute Gasteiger partial charge is 0.150 e. The second-order valence-electron chi connectivity index (χ2n) is 9.02. The van der Waals surface area contributed by atoms with E-state index in [1.165, 1.54) is 30.5 Å². The second-order valence-corrected chi connectivity index (χ2v) is 9.02. The van der Waals surface area contributed by atoms with Gasteiger partial charge in [-0.25, -0.2) is 10.1 Å². The number of ether oxygens (including phenoxy) is 2. The van der Waals surface area contributed by atoms with Crippen molar-refractivity contribution in [2.75, 3.05) is 18.7 Å². The molecule has 6 nitrogen and oxygen atoms in total. The number of hydrazine groups is 1. The van der Waals surface area contributed by atoms with Crippen LogP contribution in [0.5, 0.6) is 5.75 Å². The van der Waals surface area contributed by atoms with E-state index in [1.54, 1.807) is 0 Å². The molecule has 0 spiro atoms. The van der Waals surface area contributed by atoms with E-state index in [1.807, 2.05) is 17.9 Å². The summed E-state index contributed by atoms with van der Waals surface area (Å²) < 4.78 is 14.6. The van der Waals surface area contributed by atoms with E-state index in [0.29, 0.717) is 6.04 Å². The molecule has 0 radical (unpaired) electrons. The van der Waals surface area contributed by atoms with Gasteiger partial charge in [-0.15, -0.1) is 0 Å². The number of nitrogens with one attached hydrogen (secondary N) is 1. The maximum atomic E-state index is 6.59. The molecule has 170 valence electrons. The lowest BCUT2D eigenvalue weighted by atomic mass is 9.92. The minimum atomic E-state index is 0.0528. The van der Waals surface area contributed by atoms with Gasteiger partial charge >= 0.3 is 0 Å². The summed E-state index contributed by atoms with van der Waals surface area (Å²) in [5.41, 5.74) is 6.90. The Morgan fingerprint density at radius 1 is 1.06 bits per heavy atom. The maximum Gasteiger partial charge on any atom is 0.150 e. The van der Waals surface area contributed by atoms with Gasteiger partial charge in [-0.05, 0) is 69.7 Å². The molecular formula is C26H34N4O2. The van der Waals surface area contributed by atoms with Crippen molar-refractivity contribution in [2.45, 2.75) is 70.2 Å². The van der Waals surface area contributed by atoms with Gasteiger partial charge in [0.2, 0.25) is 0 Å². The number of para-hydroxylation sites is 1. The molecule has 0 amide bonds. The van der Waals surface area contributed by atoms with Gasteiger partial charge in [-0.1, -0.05) is 18.2 Å². The van der Waals surface area contributed by atoms with Crippen molar-refractivity contribution in [3.05, 3.63) is 54.2 Å². The molecule has 2 fully saturated rings. The summed E-state index contributed by atoms with van der Waals surface area (Å²) in [6.45, 7) is 2.97. The average Bonchev–Trinajstić information content (AvgIpc) is 3.28. The maximum absolute atomic E-state index is 6.59. The van der Waals surface area contributed by atoms with Crippen LogP contribution in [0.1, 0.15) is 56.7 Å². The van der Waals surface area contributed by atoms with Crippen molar-refractivity contribution >= 4 is 16.6 Å². The van der Waals surface area contributed by atoms with Crippen LogP contribution in [-0.4, -0.2) is 35.6 Å². The molecule has 1 saturated carbocycles. The highest BCUT2D eigenvalue weighted by Crippen LogP contribution is 2.34. The van der Waals surface area contributed by atoms with Crippen LogP contribution in [0.2, 0.25) is 0 Å². The van der Waals surface area contributed by atoms with Crippen LogP contribution >= 0.6 is 0 Å². The summed E-state index contributed by atoms with van der Waals surface area (Å²) in [7, 11) is 2.00. The van der Waals surface area contributed by atoms with Gasteiger partial charge in [0.25, 0.3) is 0 Å². The predicted molar refractivity (Wildman–Crippen MR) is 128 cm³/mol. The SMILES string of the molecule is CNN(c1ccccc1)[C@@H]1CCC[C@H](Oc2ccc3c(cnn3C3CCCCO3)c2C)C1. The third-order valence-electron chi connectivity index (χ3n) is 6.96. The Hall–Kier alpha value is -2.57. The number of fused-ring (bicyclic) bond motifs is 1. The van der Waals surface area contributed by atoms with Crippen molar-refractivity contribution in [3.63, 3.8) is 0 Å².